The van der Waals surface area contributed by atoms with Gasteiger partial charge in [-0.15, -0.1) is 0 Å². The fraction of sp³-hybridized carbons (Fsp3) is 0.583. The minimum atomic E-state index is 0.104. The highest BCUT2D eigenvalue weighted by molar-refractivity contribution is 9.10. The smallest absolute Gasteiger partial charge is 0.253 e. The van der Waals surface area contributed by atoms with Crippen molar-refractivity contribution in [3.8, 4) is 0 Å². The SMILES string of the molecule is Cc1cc(Br)cn(CCCNC(C)C)c1=O. The van der Waals surface area contributed by atoms with Crippen molar-refractivity contribution in [1.29, 1.82) is 0 Å². The average molecular weight is 287 g/mol. The maximum atomic E-state index is 11.8. The number of hydrogen-bond donors (Lipinski definition) is 1. The Labute approximate surface area is 105 Å². The number of nitrogens with zero attached hydrogens (tertiary/aromatic N) is 1. The van der Waals surface area contributed by atoms with Gasteiger partial charge in [0, 0.05) is 28.8 Å². The van der Waals surface area contributed by atoms with Crippen molar-refractivity contribution in [2.24, 2.45) is 0 Å². The minimum Gasteiger partial charge on any atom is -0.314 e. The van der Waals surface area contributed by atoms with Crippen molar-refractivity contribution in [3.63, 3.8) is 0 Å². The highest BCUT2D eigenvalue weighted by Gasteiger charge is 2.01. The number of halogens is 1. The van der Waals surface area contributed by atoms with E-state index < -0.39 is 0 Å². The molecule has 0 spiro atoms. The Kier molecular flexibility index (Phi) is 5.22. The van der Waals surface area contributed by atoms with Gasteiger partial charge in [-0.1, -0.05) is 13.8 Å². The van der Waals surface area contributed by atoms with Crippen LogP contribution in [0.2, 0.25) is 0 Å². The summed E-state index contributed by atoms with van der Waals surface area (Å²) in [4.78, 5) is 11.8. The quantitative estimate of drug-likeness (QED) is 0.843. The average Bonchev–Trinajstić information content (AvgIpc) is 2.19. The van der Waals surface area contributed by atoms with E-state index in [9.17, 15) is 4.79 Å². The molecule has 3 nitrogen and oxygen atoms in total. The standard InChI is InChI=1S/C12H19BrN2O/c1-9(2)14-5-4-6-15-8-11(13)7-10(3)12(15)16/h7-9,14H,4-6H2,1-3H3. The molecule has 0 saturated heterocycles. The van der Waals surface area contributed by atoms with Crippen molar-refractivity contribution >= 4 is 15.9 Å². The molecule has 4 heteroatoms. The Bertz CT molecular complexity index is 398. The molecule has 0 aliphatic rings. The zero-order chi connectivity index (χ0) is 12.1. The van der Waals surface area contributed by atoms with Crippen LogP contribution in [0.5, 0.6) is 0 Å². The van der Waals surface area contributed by atoms with Crippen LogP contribution in [0.15, 0.2) is 21.5 Å². The Balaban J connectivity index is 2.57. The topological polar surface area (TPSA) is 34.0 Å². The second-order valence-corrected chi connectivity index (χ2v) is 5.22. The maximum absolute atomic E-state index is 11.8. The summed E-state index contributed by atoms with van der Waals surface area (Å²) in [7, 11) is 0. The molecule has 0 radical (unpaired) electrons. The van der Waals surface area contributed by atoms with Crippen LogP contribution >= 0.6 is 15.9 Å². The third-order valence-electron chi connectivity index (χ3n) is 2.36. The number of nitrogens with one attached hydrogen (secondary N) is 1. The van der Waals surface area contributed by atoms with Gasteiger partial charge in [0.15, 0.2) is 0 Å². The molecule has 90 valence electrons. The molecule has 0 aromatic carbocycles. The number of aromatic nitrogens is 1. The monoisotopic (exact) mass is 286 g/mol. The number of pyridine rings is 1. The molecule has 1 rings (SSSR count). The fourth-order valence-electron chi connectivity index (χ4n) is 1.55. The van der Waals surface area contributed by atoms with Crippen LogP contribution in [0.3, 0.4) is 0 Å². The van der Waals surface area contributed by atoms with Gasteiger partial charge in [0.1, 0.15) is 0 Å². The minimum absolute atomic E-state index is 0.104. The largest absolute Gasteiger partial charge is 0.314 e. The summed E-state index contributed by atoms with van der Waals surface area (Å²) in [5, 5.41) is 3.34. The number of aryl methyl sites for hydroxylation is 2. The van der Waals surface area contributed by atoms with Crippen LogP contribution in [-0.4, -0.2) is 17.2 Å². The summed E-state index contributed by atoms with van der Waals surface area (Å²) in [5.74, 6) is 0. The lowest BCUT2D eigenvalue weighted by Gasteiger charge is -2.10. The van der Waals surface area contributed by atoms with Crippen molar-refractivity contribution in [2.75, 3.05) is 6.54 Å². The number of hydrogen-bond acceptors (Lipinski definition) is 2. The second-order valence-electron chi connectivity index (χ2n) is 4.30. The third-order valence-corrected chi connectivity index (χ3v) is 2.79. The molecule has 1 aromatic heterocycles. The lowest BCUT2D eigenvalue weighted by Crippen LogP contribution is -2.27. The summed E-state index contributed by atoms with van der Waals surface area (Å²) >= 11 is 3.40. The Hall–Kier alpha value is -0.610. The van der Waals surface area contributed by atoms with E-state index in [1.807, 2.05) is 19.2 Å². The molecule has 0 bridgehead atoms. The van der Waals surface area contributed by atoms with Crippen LogP contribution in [0.1, 0.15) is 25.8 Å². The van der Waals surface area contributed by atoms with E-state index in [0.717, 1.165) is 29.5 Å². The molecule has 16 heavy (non-hydrogen) atoms. The molecule has 0 amide bonds. The van der Waals surface area contributed by atoms with E-state index in [2.05, 4.69) is 35.1 Å². The van der Waals surface area contributed by atoms with Crippen LogP contribution in [0.25, 0.3) is 0 Å². The highest BCUT2D eigenvalue weighted by Crippen LogP contribution is 2.08. The first-order chi connectivity index (χ1) is 7.50. The van der Waals surface area contributed by atoms with Crippen LogP contribution in [-0.2, 0) is 6.54 Å². The van der Waals surface area contributed by atoms with Gasteiger partial charge in [0.05, 0.1) is 0 Å². The van der Waals surface area contributed by atoms with Crippen LogP contribution in [0.4, 0.5) is 0 Å². The molecule has 0 aliphatic carbocycles. The van der Waals surface area contributed by atoms with Crippen LogP contribution < -0.4 is 10.9 Å². The maximum Gasteiger partial charge on any atom is 0.253 e. The Morgan fingerprint density at radius 2 is 2.19 bits per heavy atom. The first-order valence-corrected chi connectivity index (χ1v) is 6.40. The van der Waals surface area contributed by atoms with E-state index in [0.29, 0.717) is 6.04 Å². The molecule has 0 aliphatic heterocycles. The molecule has 0 fully saturated rings. The van der Waals surface area contributed by atoms with Crippen molar-refractivity contribution < 1.29 is 0 Å². The van der Waals surface area contributed by atoms with Gasteiger partial charge in [-0.3, -0.25) is 4.79 Å². The van der Waals surface area contributed by atoms with E-state index in [1.54, 1.807) is 4.57 Å². The van der Waals surface area contributed by atoms with Gasteiger partial charge in [-0.2, -0.15) is 0 Å². The fourth-order valence-corrected chi connectivity index (χ4v) is 2.14. The van der Waals surface area contributed by atoms with Gasteiger partial charge in [0.25, 0.3) is 5.56 Å². The summed E-state index contributed by atoms with van der Waals surface area (Å²) in [6.45, 7) is 7.79. The van der Waals surface area contributed by atoms with E-state index in [-0.39, 0.29) is 5.56 Å². The molecular formula is C12H19BrN2O. The zero-order valence-corrected chi connectivity index (χ0v) is 11.7. The van der Waals surface area contributed by atoms with Gasteiger partial charge in [-0.25, -0.2) is 0 Å². The zero-order valence-electron chi connectivity index (χ0n) is 10.1. The van der Waals surface area contributed by atoms with E-state index in [1.165, 1.54) is 0 Å². The Morgan fingerprint density at radius 1 is 1.50 bits per heavy atom. The molecule has 0 atom stereocenters. The Morgan fingerprint density at radius 3 is 2.81 bits per heavy atom. The molecule has 1 aromatic rings. The van der Waals surface area contributed by atoms with Gasteiger partial charge >= 0.3 is 0 Å². The molecule has 1 N–H and O–H groups in total. The summed E-state index contributed by atoms with van der Waals surface area (Å²) in [5.41, 5.74) is 0.888. The van der Waals surface area contributed by atoms with Crippen LogP contribution in [0, 0.1) is 6.92 Å². The number of rotatable bonds is 5. The van der Waals surface area contributed by atoms with Gasteiger partial charge in [0.2, 0.25) is 0 Å². The molecule has 0 unspecified atom stereocenters. The van der Waals surface area contributed by atoms with E-state index >= 15 is 0 Å². The predicted octanol–water partition coefficient (Wildman–Crippen LogP) is 2.31. The van der Waals surface area contributed by atoms with Crippen molar-refractivity contribution in [2.45, 2.75) is 39.8 Å². The van der Waals surface area contributed by atoms with Crippen molar-refractivity contribution in [1.82, 2.24) is 9.88 Å². The normalized spacial score (nSPS) is 11.1. The second kappa shape index (κ2) is 6.21. The predicted molar refractivity (Wildman–Crippen MR) is 70.9 cm³/mol. The first kappa shape index (κ1) is 13.5. The van der Waals surface area contributed by atoms with Gasteiger partial charge in [-0.05, 0) is 41.9 Å². The molecule has 0 saturated carbocycles. The molecule has 1 heterocycles. The van der Waals surface area contributed by atoms with Gasteiger partial charge < -0.3 is 9.88 Å². The summed E-state index contributed by atoms with van der Waals surface area (Å²) < 4.78 is 2.72. The summed E-state index contributed by atoms with van der Waals surface area (Å²) in [6, 6.07) is 2.35. The third kappa shape index (κ3) is 4.10. The summed E-state index contributed by atoms with van der Waals surface area (Å²) in [6.07, 6.45) is 2.82. The lowest BCUT2D eigenvalue weighted by atomic mass is 10.3. The van der Waals surface area contributed by atoms with Crippen molar-refractivity contribution in [3.05, 3.63) is 32.7 Å². The highest BCUT2D eigenvalue weighted by atomic mass is 79.9. The van der Waals surface area contributed by atoms with E-state index in [4.69, 9.17) is 0 Å². The first-order valence-electron chi connectivity index (χ1n) is 5.60. The molecular weight excluding hydrogens is 268 g/mol. The lowest BCUT2D eigenvalue weighted by molar-refractivity contribution is 0.528.